The molecule has 2 amide bonds. The van der Waals surface area contributed by atoms with Crippen LogP contribution in [-0.2, 0) is 10.0 Å². The first kappa shape index (κ1) is 13.6. The van der Waals surface area contributed by atoms with Crippen LogP contribution in [0, 0.1) is 13.8 Å². The largest absolute Gasteiger partial charge is 0.340 e. The standard InChI is InChI=1S/C15H14N2O3S/c1-10-6-5-8-13(11(10)2)17-15(18)16-12-7-3-4-9-14(12)21(17,19)20/h3-9H,1-2H3,(H,16,18). The summed E-state index contributed by atoms with van der Waals surface area (Å²) in [6.07, 6.45) is 0. The Bertz CT molecular complexity index is 844. The first-order valence-corrected chi connectivity index (χ1v) is 7.88. The highest BCUT2D eigenvalue weighted by Crippen LogP contribution is 2.35. The van der Waals surface area contributed by atoms with Crippen LogP contribution >= 0.6 is 0 Å². The van der Waals surface area contributed by atoms with Gasteiger partial charge in [0.15, 0.2) is 0 Å². The van der Waals surface area contributed by atoms with E-state index in [1.54, 1.807) is 37.3 Å². The Hall–Kier alpha value is -2.34. The van der Waals surface area contributed by atoms with Crippen LogP contribution in [0.5, 0.6) is 0 Å². The van der Waals surface area contributed by atoms with E-state index in [0.29, 0.717) is 11.4 Å². The van der Waals surface area contributed by atoms with Crippen LogP contribution in [0.15, 0.2) is 47.4 Å². The van der Waals surface area contributed by atoms with Crippen LogP contribution in [0.3, 0.4) is 0 Å². The predicted molar refractivity (Wildman–Crippen MR) is 81.0 cm³/mol. The first-order chi connectivity index (χ1) is 9.93. The van der Waals surface area contributed by atoms with Crippen molar-refractivity contribution in [2.75, 3.05) is 9.62 Å². The van der Waals surface area contributed by atoms with Gasteiger partial charge in [0.2, 0.25) is 0 Å². The summed E-state index contributed by atoms with van der Waals surface area (Å²) in [5.74, 6) is 0. The molecule has 0 atom stereocenters. The topological polar surface area (TPSA) is 66.5 Å². The quantitative estimate of drug-likeness (QED) is 0.880. The molecule has 0 spiro atoms. The highest BCUT2D eigenvalue weighted by molar-refractivity contribution is 7.94. The van der Waals surface area contributed by atoms with E-state index in [9.17, 15) is 13.2 Å². The maximum atomic E-state index is 12.7. The molecule has 3 rings (SSSR count). The SMILES string of the molecule is Cc1cccc(N2C(=O)Nc3ccccc3S2(=O)=O)c1C. The summed E-state index contributed by atoms with van der Waals surface area (Å²) in [4.78, 5) is 12.4. The summed E-state index contributed by atoms with van der Waals surface area (Å²) in [5.41, 5.74) is 2.37. The molecule has 0 aliphatic carbocycles. The summed E-state index contributed by atoms with van der Waals surface area (Å²) < 4.78 is 26.3. The number of hydrogen-bond acceptors (Lipinski definition) is 3. The zero-order valence-electron chi connectivity index (χ0n) is 11.6. The zero-order chi connectivity index (χ0) is 15.2. The molecule has 0 fully saturated rings. The van der Waals surface area contributed by atoms with Crippen molar-refractivity contribution in [3.63, 3.8) is 0 Å². The molecule has 1 aliphatic heterocycles. The van der Waals surface area contributed by atoms with Crippen LogP contribution in [-0.4, -0.2) is 14.4 Å². The van der Waals surface area contributed by atoms with Gasteiger partial charge in [-0.3, -0.25) is 0 Å². The van der Waals surface area contributed by atoms with Crippen LogP contribution in [0.4, 0.5) is 16.2 Å². The molecule has 5 nitrogen and oxygen atoms in total. The molecule has 0 radical (unpaired) electrons. The monoisotopic (exact) mass is 302 g/mol. The average Bonchev–Trinajstić information content (AvgIpc) is 2.43. The lowest BCUT2D eigenvalue weighted by Gasteiger charge is -2.29. The number of para-hydroxylation sites is 1. The fourth-order valence-electron chi connectivity index (χ4n) is 2.36. The number of hydrogen-bond donors (Lipinski definition) is 1. The number of nitrogens with zero attached hydrogens (tertiary/aromatic N) is 1. The molecular formula is C15H14N2O3S. The van der Waals surface area contributed by atoms with E-state index >= 15 is 0 Å². The van der Waals surface area contributed by atoms with E-state index in [1.165, 1.54) is 6.07 Å². The molecule has 108 valence electrons. The lowest BCUT2D eigenvalue weighted by molar-refractivity contribution is 0.259. The zero-order valence-corrected chi connectivity index (χ0v) is 12.4. The molecule has 1 N–H and O–H groups in total. The predicted octanol–water partition coefficient (Wildman–Crippen LogP) is 3.04. The van der Waals surface area contributed by atoms with E-state index in [2.05, 4.69) is 5.32 Å². The normalized spacial score (nSPS) is 16.3. The van der Waals surface area contributed by atoms with Crippen molar-refractivity contribution in [1.82, 2.24) is 0 Å². The molecule has 0 unspecified atom stereocenters. The van der Waals surface area contributed by atoms with Crippen LogP contribution in [0.1, 0.15) is 11.1 Å². The number of amides is 2. The van der Waals surface area contributed by atoms with Crippen molar-refractivity contribution in [3.8, 4) is 0 Å². The molecule has 1 heterocycles. The Morgan fingerprint density at radius 2 is 1.71 bits per heavy atom. The van der Waals surface area contributed by atoms with Crippen molar-refractivity contribution in [3.05, 3.63) is 53.6 Å². The number of benzene rings is 2. The van der Waals surface area contributed by atoms with E-state index in [1.807, 2.05) is 13.0 Å². The second-order valence-electron chi connectivity index (χ2n) is 4.91. The van der Waals surface area contributed by atoms with E-state index < -0.39 is 16.1 Å². The van der Waals surface area contributed by atoms with Gasteiger partial charge in [-0.05, 0) is 43.2 Å². The van der Waals surface area contributed by atoms with Crippen molar-refractivity contribution >= 4 is 27.4 Å². The van der Waals surface area contributed by atoms with Crippen molar-refractivity contribution in [2.45, 2.75) is 18.7 Å². The lowest BCUT2D eigenvalue weighted by Crippen LogP contribution is -2.44. The molecular weight excluding hydrogens is 288 g/mol. The number of sulfonamides is 1. The van der Waals surface area contributed by atoms with Crippen LogP contribution < -0.4 is 9.62 Å². The van der Waals surface area contributed by atoms with Gasteiger partial charge in [-0.25, -0.2) is 13.2 Å². The molecule has 0 saturated heterocycles. The summed E-state index contributed by atoms with van der Waals surface area (Å²) >= 11 is 0. The second-order valence-corrected chi connectivity index (χ2v) is 6.67. The maximum absolute atomic E-state index is 12.7. The molecule has 21 heavy (non-hydrogen) atoms. The molecule has 2 aromatic carbocycles. The van der Waals surface area contributed by atoms with Crippen LogP contribution in [0.25, 0.3) is 0 Å². The Kier molecular flexibility index (Phi) is 2.98. The van der Waals surface area contributed by atoms with Gasteiger partial charge in [0.05, 0.1) is 11.4 Å². The van der Waals surface area contributed by atoms with E-state index in [0.717, 1.165) is 15.4 Å². The van der Waals surface area contributed by atoms with Gasteiger partial charge in [0.25, 0.3) is 10.0 Å². The second kappa shape index (κ2) is 4.60. The number of rotatable bonds is 1. The molecule has 0 aromatic heterocycles. The molecule has 0 bridgehead atoms. The Labute approximate surface area is 123 Å². The first-order valence-electron chi connectivity index (χ1n) is 6.44. The third-order valence-corrected chi connectivity index (χ3v) is 5.38. The average molecular weight is 302 g/mol. The number of urea groups is 1. The fraction of sp³-hybridized carbons (Fsp3) is 0.133. The van der Waals surface area contributed by atoms with Gasteiger partial charge >= 0.3 is 6.03 Å². The Morgan fingerprint density at radius 3 is 2.48 bits per heavy atom. The van der Waals surface area contributed by atoms with Gasteiger partial charge in [-0.2, -0.15) is 4.31 Å². The minimum atomic E-state index is -3.90. The number of nitrogens with one attached hydrogen (secondary N) is 1. The summed E-state index contributed by atoms with van der Waals surface area (Å²) in [7, 11) is -3.90. The lowest BCUT2D eigenvalue weighted by atomic mass is 10.1. The molecule has 1 aliphatic rings. The van der Waals surface area contributed by atoms with E-state index in [4.69, 9.17) is 0 Å². The van der Waals surface area contributed by atoms with Crippen molar-refractivity contribution in [1.29, 1.82) is 0 Å². The van der Waals surface area contributed by atoms with Gasteiger partial charge in [-0.15, -0.1) is 0 Å². The number of aryl methyl sites for hydroxylation is 1. The minimum absolute atomic E-state index is 0.102. The fourth-order valence-corrected chi connectivity index (χ4v) is 3.93. The number of fused-ring (bicyclic) bond motifs is 1. The maximum Gasteiger partial charge on any atom is 0.340 e. The highest BCUT2D eigenvalue weighted by Gasteiger charge is 2.38. The minimum Gasteiger partial charge on any atom is -0.305 e. The van der Waals surface area contributed by atoms with Gasteiger partial charge < -0.3 is 5.32 Å². The molecule has 6 heteroatoms. The Balaban J connectivity index is 2.25. The number of carbonyl (C=O) groups is 1. The van der Waals surface area contributed by atoms with Crippen molar-refractivity contribution < 1.29 is 13.2 Å². The summed E-state index contributed by atoms with van der Waals surface area (Å²) in [5, 5.41) is 2.62. The summed E-state index contributed by atoms with van der Waals surface area (Å²) in [6, 6.07) is 11.0. The highest BCUT2D eigenvalue weighted by atomic mass is 32.2. The smallest absolute Gasteiger partial charge is 0.305 e. The summed E-state index contributed by atoms with van der Waals surface area (Å²) in [6.45, 7) is 3.68. The molecule has 2 aromatic rings. The third-order valence-electron chi connectivity index (χ3n) is 3.63. The Morgan fingerprint density at radius 1 is 1.00 bits per heavy atom. The van der Waals surface area contributed by atoms with Gasteiger partial charge in [0.1, 0.15) is 4.90 Å². The third kappa shape index (κ3) is 1.99. The molecule has 0 saturated carbocycles. The van der Waals surface area contributed by atoms with Crippen molar-refractivity contribution in [2.24, 2.45) is 0 Å². The van der Waals surface area contributed by atoms with Gasteiger partial charge in [-0.1, -0.05) is 24.3 Å². The van der Waals surface area contributed by atoms with Crippen LogP contribution in [0.2, 0.25) is 0 Å². The number of carbonyl (C=O) groups excluding carboxylic acids is 1. The number of anilines is 2. The van der Waals surface area contributed by atoms with E-state index in [-0.39, 0.29) is 4.90 Å². The van der Waals surface area contributed by atoms with Gasteiger partial charge in [0, 0.05) is 0 Å².